The number of allylic oxidation sites excluding steroid dienone is 1. The van der Waals surface area contributed by atoms with Crippen molar-refractivity contribution >= 4 is 29.0 Å². The number of fused-ring (bicyclic) bond motifs is 1. The number of anilines is 3. The number of rotatable bonds is 6. The van der Waals surface area contributed by atoms with Gasteiger partial charge in [0.2, 0.25) is 0 Å². The second-order valence-corrected chi connectivity index (χ2v) is 9.29. The highest BCUT2D eigenvalue weighted by atomic mass is 16.5. The molecule has 0 spiro atoms. The average molecular weight is 508 g/mol. The second kappa shape index (κ2) is 10.3. The predicted octanol–water partition coefficient (Wildman–Crippen LogP) is 5.69. The molecule has 0 aliphatic carbocycles. The fourth-order valence-corrected chi connectivity index (χ4v) is 4.70. The Morgan fingerprint density at radius 2 is 1.71 bits per heavy atom. The van der Waals surface area contributed by atoms with Crippen molar-refractivity contribution in [2.24, 2.45) is 0 Å². The molecule has 0 bridgehead atoms. The van der Waals surface area contributed by atoms with E-state index in [-0.39, 0.29) is 11.8 Å². The molecule has 2 heterocycles. The van der Waals surface area contributed by atoms with Crippen molar-refractivity contribution in [3.63, 3.8) is 0 Å². The van der Waals surface area contributed by atoms with Crippen LogP contribution in [0.5, 0.6) is 5.75 Å². The Bertz CT molecular complexity index is 1560. The Morgan fingerprint density at radius 3 is 2.45 bits per heavy atom. The molecule has 0 unspecified atom stereocenters. The van der Waals surface area contributed by atoms with Crippen LogP contribution in [0.25, 0.3) is 0 Å². The summed E-state index contributed by atoms with van der Waals surface area (Å²) in [5.74, 6) is 0.604. The number of hydrogen-bond donors (Lipinski definition) is 3. The average Bonchev–Trinajstić information content (AvgIpc) is 3.33. The third kappa shape index (κ3) is 4.76. The van der Waals surface area contributed by atoms with Gasteiger partial charge in [0.1, 0.15) is 23.2 Å². The van der Waals surface area contributed by atoms with E-state index in [1.54, 1.807) is 11.8 Å². The maximum atomic E-state index is 13.8. The Balaban J connectivity index is 1.56. The van der Waals surface area contributed by atoms with Crippen LogP contribution < -0.4 is 20.7 Å². The lowest BCUT2D eigenvalue weighted by Gasteiger charge is -2.30. The summed E-state index contributed by atoms with van der Waals surface area (Å²) in [5, 5.41) is 13.8. The Hall–Kier alpha value is -4.85. The summed E-state index contributed by atoms with van der Waals surface area (Å²) in [6, 6.07) is 22.1. The summed E-state index contributed by atoms with van der Waals surface area (Å²) in [4.78, 5) is 27.0. The molecule has 3 N–H and O–H groups in total. The molecule has 38 heavy (non-hydrogen) atoms. The molecule has 8 nitrogen and oxygen atoms in total. The summed E-state index contributed by atoms with van der Waals surface area (Å²) in [6.45, 7) is 5.81. The van der Waals surface area contributed by atoms with E-state index in [9.17, 15) is 9.59 Å². The molecule has 2 amide bonds. The molecule has 0 saturated heterocycles. The Morgan fingerprint density at radius 1 is 0.921 bits per heavy atom. The van der Waals surface area contributed by atoms with Gasteiger partial charge >= 0.3 is 0 Å². The molecule has 0 saturated carbocycles. The van der Waals surface area contributed by atoms with Crippen LogP contribution >= 0.6 is 0 Å². The number of nitrogens with one attached hydrogen (secondary N) is 3. The van der Waals surface area contributed by atoms with Gasteiger partial charge in [0.15, 0.2) is 0 Å². The van der Waals surface area contributed by atoms with E-state index in [2.05, 4.69) is 21.0 Å². The first kappa shape index (κ1) is 24.8. The van der Waals surface area contributed by atoms with Crippen molar-refractivity contribution < 1.29 is 14.3 Å². The largest absolute Gasteiger partial charge is 0.497 e. The van der Waals surface area contributed by atoms with Gasteiger partial charge in [-0.15, -0.1) is 0 Å². The number of carbonyl (C=O) groups excluding carboxylic acids is 2. The van der Waals surface area contributed by atoms with Crippen LogP contribution in [0.3, 0.4) is 0 Å². The van der Waals surface area contributed by atoms with Gasteiger partial charge in [-0.25, -0.2) is 4.68 Å². The van der Waals surface area contributed by atoms with Crippen LogP contribution in [0.2, 0.25) is 0 Å². The number of carbonyl (C=O) groups is 2. The topological polar surface area (TPSA) is 97.3 Å². The Kier molecular flexibility index (Phi) is 6.70. The zero-order valence-corrected chi connectivity index (χ0v) is 21.7. The monoisotopic (exact) mass is 507 g/mol. The van der Waals surface area contributed by atoms with Gasteiger partial charge in [-0.3, -0.25) is 9.59 Å². The van der Waals surface area contributed by atoms with E-state index >= 15 is 0 Å². The van der Waals surface area contributed by atoms with Crippen LogP contribution in [0, 0.1) is 13.8 Å². The third-order valence-electron chi connectivity index (χ3n) is 6.58. The van der Waals surface area contributed by atoms with Gasteiger partial charge < -0.3 is 20.7 Å². The zero-order valence-electron chi connectivity index (χ0n) is 21.7. The molecule has 1 aliphatic rings. The first-order valence-electron chi connectivity index (χ1n) is 12.3. The third-order valence-corrected chi connectivity index (χ3v) is 6.58. The molecule has 1 atom stereocenters. The van der Waals surface area contributed by atoms with Crippen LogP contribution in [0.1, 0.15) is 40.0 Å². The fraction of sp³-hybridized carbons (Fsp3) is 0.167. The minimum absolute atomic E-state index is 0.258. The number of methoxy groups -OCH3 is 1. The fourth-order valence-electron chi connectivity index (χ4n) is 4.70. The van der Waals surface area contributed by atoms with Crippen molar-refractivity contribution in [3.8, 4) is 5.75 Å². The van der Waals surface area contributed by atoms with Gasteiger partial charge in [-0.1, -0.05) is 48.0 Å². The highest BCUT2D eigenvalue weighted by Crippen LogP contribution is 2.39. The molecule has 0 fully saturated rings. The first-order valence-corrected chi connectivity index (χ1v) is 12.3. The number of ether oxygens (including phenoxy) is 1. The number of nitrogens with zero attached hydrogens (tertiary/aromatic N) is 2. The van der Waals surface area contributed by atoms with E-state index < -0.39 is 6.04 Å². The van der Waals surface area contributed by atoms with Crippen LogP contribution in [-0.4, -0.2) is 28.7 Å². The van der Waals surface area contributed by atoms with Crippen molar-refractivity contribution in [3.05, 3.63) is 113 Å². The lowest BCUT2D eigenvalue weighted by atomic mass is 9.94. The van der Waals surface area contributed by atoms with E-state index in [1.165, 1.54) is 6.20 Å². The minimum Gasteiger partial charge on any atom is -0.497 e. The highest BCUT2D eigenvalue weighted by molar-refractivity contribution is 6.09. The molecule has 1 aliphatic heterocycles. The van der Waals surface area contributed by atoms with Crippen LogP contribution in [-0.2, 0) is 4.79 Å². The molecule has 1 aromatic heterocycles. The first-order chi connectivity index (χ1) is 18.4. The SMILES string of the molecule is COc1cccc([C@H]2C(C(=O)Nc3ccc(C)cc3C)=C(C)Nc3c(C(=O)Nc4ccccc4)cnn32)c1. The number of benzene rings is 3. The van der Waals surface area contributed by atoms with E-state index in [0.29, 0.717) is 34.1 Å². The molecule has 4 aromatic rings. The van der Waals surface area contributed by atoms with Gasteiger partial charge in [-0.05, 0) is 62.2 Å². The molecular weight excluding hydrogens is 478 g/mol. The van der Waals surface area contributed by atoms with Crippen molar-refractivity contribution in [2.45, 2.75) is 26.8 Å². The van der Waals surface area contributed by atoms with Crippen molar-refractivity contribution in [1.29, 1.82) is 0 Å². The van der Waals surface area contributed by atoms with E-state index in [0.717, 1.165) is 22.4 Å². The summed E-state index contributed by atoms with van der Waals surface area (Å²) in [6.07, 6.45) is 1.52. The van der Waals surface area contributed by atoms with Crippen molar-refractivity contribution in [2.75, 3.05) is 23.1 Å². The number of aromatic nitrogens is 2. The molecule has 3 aromatic carbocycles. The molecule has 5 rings (SSSR count). The normalized spacial score (nSPS) is 14.4. The molecular formula is C30H29N5O3. The standard InChI is InChI=1S/C30H29N5O3/c1-18-13-14-25(19(2)15-18)34-30(37)26-20(3)32-28-24(29(36)33-22-10-6-5-7-11-22)17-31-35(28)27(26)21-9-8-12-23(16-21)38-4/h5-17,27,32H,1-4H3,(H,33,36)(H,34,37)/t27-/m0/s1. The van der Waals surface area contributed by atoms with Crippen molar-refractivity contribution in [1.82, 2.24) is 9.78 Å². The van der Waals surface area contributed by atoms with Gasteiger partial charge in [0.05, 0.1) is 18.9 Å². The summed E-state index contributed by atoms with van der Waals surface area (Å²) < 4.78 is 7.14. The maximum absolute atomic E-state index is 13.8. The lowest BCUT2D eigenvalue weighted by Crippen LogP contribution is -2.32. The van der Waals surface area contributed by atoms with E-state index in [1.807, 2.05) is 93.6 Å². The molecule has 8 heteroatoms. The smallest absolute Gasteiger partial charge is 0.261 e. The van der Waals surface area contributed by atoms with Crippen LogP contribution in [0.4, 0.5) is 17.2 Å². The predicted molar refractivity (Wildman–Crippen MR) is 149 cm³/mol. The second-order valence-electron chi connectivity index (χ2n) is 9.29. The zero-order chi connectivity index (χ0) is 26.8. The maximum Gasteiger partial charge on any atom is 0.261 e. The Labute approximate surface area is 221 Å². The minimum atomic E-state index is -0.592. The van der Waals surface area contributed by atoms with Gasteiger partial charge in [-0.2, -0.15) is 5.10 Å². The molecule has 192 valence electrons. The number of aryl methyl sites for hydroxylation is 2. The van der Waals surface area contributed by atoms with Gasteiger partial charge in [0.25, 0.3) is 11.8 Å². The number of para-hydroxylation sites is 1. The van der Waals surface area contributed by atoms with Gasteiger partial charge in [0, 0.05) is 17.1 Å². The summed E-state index contributed by atoms with van der Waals surface area (Å²) in [7, 11) is 1.60. The van der Waals surface area contributed by atoms with Crippen LogP contribution in [0.15, 0.2) is 90.3 Å². The number of amides is 2. The van der Waals surface area contributed by atoms with E-state index in [4.69, 9.17) is 4.74 Å². The lowest BCUT2D eigenvalue weighted by molar-refractivity contribution is -0.113. The highest BCUT2D eigenvalue weighted by Gasteiger charge is 2.35. The number of hydrogen-bond acceptors (Lipinski definition) is 5. The quantitative estimate of drug-likeness (QED) is 0.312. The summed E-state index contributed by atoms with van der Waals surface area (Å²) >= 11 is 0. The molecule has 0 radical (unpaired) electrons. The summed E-state index contributed by atoms with van der Waals surface area (Å²) in [5.41, 5.74) is 5.79.